The molecule has 8 heteroatoms. The third kappa shape index (κ3) is 8.69. The van der Waals surface area contributed by atoms with Gasteiger partial charge >= 0.3 is 5.97 Å². The van der Waals surface area contributed by atoms with Gasteiger partial charge in [-0.2, -0.15) is 0 Å². The number of ether oxygens (including phenoxy) is 1. The molecule has 0 aromatic heterocycles. The molecule has 3 N–H and O–H groups in total. The predicted molar refractivity (Wildman–Crippen MR) is 130 cm³/mol. The summed E-state index contributed by atoms with van der Waals surface area (Å²) < 4.78 is 5.18. The van der Waals surface area contributed by atoms with Gasteiger partial charge in [0.1, 0.15) is 18.7 Å². The minimum Gasteiger partial charge on any atom is -0.461 e. The summed E-state index contributed by atoms with van der Waals surface area (Å²) in [5.74, 6) is -1.64. The Bertz CT molecular complexity index is 825. The molecule has 8 nitrogen and oxygen atoms in total. The highest BCUT2D eigenvalue weighted by atomic mass is 16.5. The first-order chi connectivity index (χ1) is 14.7. The second kappa shape index (κ2) is 11.6. The molecule has 0 spiro atoms. The van der Waals surface area contributed by atoms with Crippen LogP contribution in [0.5, 0.6) is 0 Å². The van der Waals surface area contributed by atoms with E-state index in [4.69, 9.17) is 4.74 Å². The Balaban J connectivity index is -0.00000341. The maximum Gasteiger partial charge on any atom is 0.308 e. The van der Waals surface area contributed by atoms with Gasteiger partial charge in [-0.1, -0.05) is 60.6 Å². The number of carbonyl (C=O) groups is 4. The van der Waals surface area contributed by atoms with Gasteiger partial charge in [0.05, 0.1) is 5.92 Å². The van der Waals surface area contributed by atoms with Gasteiger partial charge < -0.3 is 20.7 Å². The molecule has 0 bridgehead atoms. The van der Waals surface area contributed by atoms with Crippen LogP contribution in [0.25, 0.3) is 0 Å². The second-order valence-corrected chi connectivity index (χ2v) is 9.62. The van der Waals surface area contributed by atoms with Crippen LogP contribution in [-0.2, 0) is 30.5 Å². The van der Waals surface area contributed by atoms with E-state index in [1.165, 1.54) is 0 Å². The number of rotatable bonds is 9. The van der Waals surface area contributed by atoms with E-state index >= 15 is 0 Å². The molecule has 0 aliphatic heterocycles. The van der Waals surface area contributed by atoms with Gasteiger partial charge in [0.25, 0.3) is 0 Å². The van der Waals surface area contributed by atoms with Crippen LogP contribution in [-0.4, -0.2) is 35.8 Å². The standard InChI is InChI=1S/C24H37N3O5.3H2/c1-14(2)19(27-23(31)24(6,7)8)21(29)25-16(5)20(28)26-18-11-9-17(10-12-18)13-32-22(30)15(3)4;;;/h9-12,14-16,19H,13H2,1-8H3,(H,25,29)(H,26,28)(H,27,31);3*1H. The van der Waals surface area contributed by atoms with E-state index in [1.54, 1.807) is 65.8 Å². The van der Waals surface area contributed by atoms with Gasteiger partial charge in [-0.3, -0.25) is 19.2 Å². The van der Waals surface area contributed by atoms with Crippen molar-refractivity contribution in [3.05, 3.63) is 29.8 Å². The van der Waals surface area contributed by atoms with E-state index in [0.717, 1.165) is 5.56 Å². The van der Waals surface area contributed by atoms with Crippen molar-refractivity contribution in [3.8, 4) is 0 Å². The molecule has 0 aliphatic rings. The Morgan fingerprint density at radius 3 is 1.94 bits per heavy atom. The van der Waals surface area contributed by atoms with Crippen molar-refractivity contribution in [1.29, 1.82) is 0 Å². The third-order valence-electron chi connectivity index (χ3n) is 4.74. The fourth-order valence-corrected chi connectivity index (χ4v) is 2.52. The monoisotopic (exact) mass is 453 g/mol. The minimum absolute atomic E-state index is 0. The van der Waals surface area contributed by atoms with Crippen LogP contribution in [0.1, 0.15) is 65.2 Å². The molecule has 0 heterocycles. The van der Waals surface area contributed by atoms with Crippen LogP contribution in [0, 0.1) is 17.3 Å². The fourth-order valence-electron chi connectivity index (χ4n) is 2.52. The molecule has 0 saturated carbocycles. The Morgan fingerprint density at radius 2 is 1.47 bits per heavy atom. The SMILES string of the molecule is CC(C)C(=O)OCc1ccc(NC(=O)C(C)NC(=O)C(NC(=O)C(C)(C)C)C(C)C)cc1.[HH].[HH].[HH]. The van der Waals surface area contributed by atoms with Crippen molar-refractivity contribution in [2.75, 3.05) is 5.32 Å². The lowest BCUT2D eigenvalue weighted by molar-refractivity contribution is -0.148. The maximum absolute atomic E-state index is 12.7. The molecule has 1 aromatic carbocycles. The highest BCUT2D eigenvalue weighted by Gasteiger charge is 2.30. The molecule has 2 unspecified atom stereocenters. The van der Waals surface area contributed by atoms with Crippen molar-refractivity contribution in [2.24, 2.45) is 17.3 Å². The average molecular weight is 454 g/mol. The van der Waals surface area contributed by atoms with Crippen molar-refractivity contribution in [1.82, 2.24) is 10.6 Å². The van der Waals surface area contributed by atoms with Gasteiger partial charge in [-0.15, -0.1) is 0 Å². The Hall–Kier alpha value is -2.90. The van der Waals surface area contributed by atoms with E-state index in [1.807, 2.05) is 13.8 Å². The van der Waals surface area contributed by atoms with E-state index in [0.29, 0.717) is 5.69 Å². The molecule has 0 radical (unpaired) electrons. The van der Waals surface area contributed by atoms with Crippen molar-refractivity contribution < 1.29 is 28.2 Å². The topological polar surface area (TPSA) is 114 Å². The number of anilines is 1. The summed E-state index contributed by atoms with van der Waals surface area (Å²) in [6.45, 7) is 14.2. The van der Waals surface area contributed by atoms with Crippen LogP contribution in [0.3, 0.4) is 0 Å². The molecule has 184 valence electrons. The summed E-state index contributed by atoms with van der Waals surface area (Å²) in [7, 11) is 0. The van der Waals surface area contributed by atoms with Crippen LogP contribution in [0.15, 0.2) is 24.3 Å². The molecular formula is C24H43N3O5. The lowest BCUT2D eigenvalue weighted by atomic mass is 9.93. The maximum atomic E-state index is 12.7. The Morgan fingerprint density at radius 1 is 0.906 bits per heavy atom. The molecule has 0 saturated heterocycles. The zero-order valence-corrected chi connectivity index (χ0v) is 20.4. The highest BCUT2D eigenvalue weighted by molar-refractivity contribution is 5.98. The average Bonchev–Trinajstić information content (AvgIpc) is 2.69. The van der Waals surface area contributed by atoms with Gasteiger partial charge in [0.2, 0.25) is 17.7 Å². The highest BCUT2D eigenvalue weighted by Crippen LogP contribution is 2.15. The molecule has 2 atom stereocenters. The number of carbonyl (C=O) groups excluding carboxylic acids is 4. The normalized spacial score (nSPS) is 13.3. The second-order valence-electron chi connectivity index (χ2n) is 9.62. The molecule has 32 heavy (non-hydrogen) atoms. The summed E-state index contributed by atoms with van der Waals surface area (Å²) >= 11 is 0. The van der Waals surface area contributed by atoms with Crippen molar-refractivity contribution in [2.45, 2.75) is 74.1 Å². The molecular weight excluding hydrogens is 410 g/mol. The van der Waals surface area contributed by atoms with Crippen molar-refractivity contribution >= 4 is 29.4 Å². The van der Waals surface area contributed by atoms with E-state index in [2.05, 4.69) is 16.0 Å². The summed E-state index contributed by atoms with van der Waals surface area (Å²) in [5.41, 5.74) is 0.722. The zero-order chi connectivity index (χ0) is 24.6. The van der Waals surface area contributed by atoms with Crippen molar-refractivity contribution in [3.63, 3.8) is 0 Å². The molecule has 0 fully saturated rings. The van der Waals surface area contributed by atoms with Crippen LogP contribution in [0.2, 0.25) is 0 Å². The van der Waals surface area contributed by atoms with Crippen LogP contribution < -0.4 is 16.0 Å². The quantitative estimate of drug-likeness (QED) is 0.493. The summed E-state index contributed by atoms with van der Waals surface area (Å²) in [6.07, 6.45) is 0. The zero-order valence-electron chi connectivity index (χ0n) is 20.4. The first kappa shape index (κ1) is 27.1. The Labute approximate surface area is 195 Å². The number of benzene rings is 1. The lowest BCUT2D eigenvalue weighted by Gasteiger charge is -2.27. The number of hydrogen-bond acceptors (Lipinski definition) is 5. The summed E-state index contributed by atoms with van der Waals surface area (Å²) in [5, 5.41) is 8.18. The predicted octanol–water partition coefficient (Wildman–Crippen LogP) is 3.75. The summed E-state index contributed by atoms with van der Waals surface area (Å²) in [6, 6.07) is 5.36. The van der Waals surface area contributed by atoms with E-state index < -0.39 is 23.4 Å². The Kier molecular flexibility index (Phi) is 9.87. The van der Waals surface area contributed by atoms with Gasteiger partial charge in [-0.05, 0) is 30.5 Å². The number of hydrogen-bond donors (Lipinski definition) is 3. The minimum atomic E-state index is -0.804. The van der Waals surface area contributed by atoms with Crippen LogP contribution in [0.4, 0.5) is 5.69 Å². The van der Waals surface area contributed by atoms with Crippen LogP contribution >= 0.6 is 0 Å². The third-order valence-corrected chi connectivity index (χ3v) is 4.74. The molecule has 0 aliphatic carbocycles. The first-order valence-electron chi connectivity index (χ1n) is 10.9. The van der Waals surface area contributed by atoms with E-state index in [-0.39, 0.29) is 40.5 Å². The molecule has 1 aromatic rings. The van der Waals surface area contributed by atoms with Gasteiger partial charge in [0.15, 0.2) is 0 Å². The van der Waals surface area contributed by atoms with Gasteiger partial charge in [0, 0.05) is 15.4 Å². The first-order valence-corrected chi connectivity index (χ1v) is 10.9. The summed E-state index contributed by atoms with van der Waals surface area (Å²) in [4.78, 5) is 49.0. The smallest absolute Gasteiger partial charge is 0.308 e. The van der Waals surface area contributed by atoms with E-state index in [9.17, 15) is 19.2 Å². The number of nitrogens with one attached hydrogen (secondary N) is 3. The molecule has 3 amide bonds. The number of amides is 3. The largest absolute Gasteiger partial charge is 0.461 e. The lowest BCUT2D eigenvalue weighted by Crippen LogP contribution is -2.55. The van der Waals surface area contributed by atoms with Gasteiger partial charge in [-0.25, -0.2) is 0 Å². The fraction of sp³-hybridized carbons (Fsp3) is 0.583. The molecule has 1 rings (SSSR count). The number of esters is 1.